The van der Waals surface area contributed by atoms with Crippen molar-refractivity contribution in [3.05, 3.63) is 42.7 Å². The minimum Gasteiger partial charge on any atom is -0.339 e. The van der Waals surface area contributed by atoms with Crippen LogP contribution < -0.4 is 4.90 Å². The van der Waals surface area contributed by atoms with Crippen LogP contribution in [-0.2, 0) is 11.2 Å². The highest BCUT2D eigenvalue weighted by atomic mass is 16.2. The summed E-state index contributed by atoms with van der Waals surface area (Å²) in [6.07, 6.45) is 9.66. The van der Waals surface area contributed by atoms with Crippen molar-refractivity contribution < 1.29 is 4.79 Å². The van der Waals surface area contributed by atoms with Crippen molar-refractivity contribution in [2.45, 2.75) is 12.8 Å². The first-order valence-corrected chi connectivity index (χ1v) is 7.36. The zero-order chi connectivity index (χ0) is 15.2. The number of rotatable bonds is 4. The molecule has 1 fully saturated rings. The maximum absolute atomic E-state index is 12.2. The van der Waals surface area contributed by atoms with E-state index >= 15 is 0 Å². The van der Waals surface area contributed by atoms with E-state index in [9.17, 15) is 4.79 Å². The molecule has 7 nitrogen and oxygen atoms in total. The largest absolute Gasteiger partial charge is 0.339 e. The van der Waals surface area contributed by atoms with E-state index in [4.69, 9.17) is 0 Å². The van der Waals surface area contributed by atoms with Crippen LogP contribution in [0.3, 0.4) is 0 Å². The molecule has 1 aliphatic heterocycles. The highest BCUT2D eigenvalue weighted by Crippen LogP contribution is 2.11. The molecule has 0 unspecified atom stereocenters. The molecule has 3 heterocycles. The van der Waals surface area contributed by atoms with Crippen molar-refractivity contribution in [2.24, 2.45) is 0 Å². The number of hydrogen-bond donors (Lipinski definition) is 0. The maximum Gasteiger partial charge on any atom is 0.225 e. The fraction of sp³-hybridized carbons (Fsp3) is 0.400. The lowest BCUT2D eigenvalue weighted by atomic mass is 10.1. The van der Waals surface area contributed by atoms with E-state index in [2.05, 4.69) is 24.8 Å². The highest BCUT2D eigenvalue weighted by molar-refractivity contribution is 5.76. The van der Waals surface area contributed by atoms with Crippen LogP contribution in [0.15, 0.2) is 37.2 Å². The number of anilines is 1. The summed E-state index contributed by atoms with van der Waals surface area (Å²) in [6.45, 7) is 2.96. The predicted molar refractivity (Wildman–Crippen MR) is 81.2 cm³/mol. The van der Waals surface area contributed by atoms with E-state index in [-0.39, 0.29) is 5.91 Å². The summed E-state index contributed by atoms with van der Waals surface area (Å²) in [5.74, 6) is 0.911. The van der Waals surface area contributed by atoms with Crippen LogP contribution in [-0.4, -0.2) is 56.9 Å². The summed E-state index contributed by atoms with van der Waals surface area (Å²) in [6, 6.07) is 1.80. The van der Waals surface area contributed by atoms with Gasteiger partial charge in [0.1, 0.15) is 6.33 Å². The molecular weight excluding hydrogens is 280 g/mol. The van der Waals surface area contributed by atoms with E-state index in [1.807, 2.05) is 4.90 Å². The topological polar surface area (TPSA) is 75.1 Å². The van der Waals surface area contributed by atoms with Gasteiger partial charge in [-0.05, 0) is 18.1 Å². The maximum atomic E-state index is 12.2. The van der Waals surface area contributed by atoms with Gasteiger partial charge in [0.15, 0.2) is 0 Å². The van der Waals surface area contributed by atoms with Crippen LogP contribution in [0.5, 0.6) is 0 Å². The van der Waals surface area contributed by atoms with Crippen molar-refractivity contribution in [3.8, 4) is 0 Å². The van der Waals surface area contributed by atoms with Gasteiger partial charge in [-0.1, -0.05) is 0 Å². The quantitative estimate of drug-likeness (QED) is 0.820. The molecule has 0 saturated carbocycles. The zero-order valence-electron chi connectivity index (χ0n) is 12.3. The molecule has 1 saturated heterocycles. The van der Waals surface area contributed by atoms with Gasteiger partial charge >= 0.3 is 0 Å². The molecule has 0 radical (unpaired) electrons. The van der Waals surface area contributed by atoms with Gasteiger partial charge in [-0.15, -0.1) is 0 Å². The van der Waals surface area contributed by atoms with Crippen molar-refractivity contribution in [1.82, 2.24) is 24.8 Å². The predicted octanol–water partition coefficient (Wildman–Crippen LogP) is 0.548. The normalized spacial score (nSPS) is 14.9. The average molecular weight is 298 g/mol. The number of piperazine rings is 1. The fourth-order valence-corrected chi connectivity index (χ4v) is 2.48. The smallest absolute Gasteiger partial charge is 0.225 e. The van der Waals surface area contributed by atoms with Crippen LogP contribution in [0.1, 0.15) is 12.0 Å². The SMILES string of the molecule is O=C(CCc1cncnc1)N1CCN(c2ncccn2)CC1. The van der Waals surface area contributed by atoms with Crippen LogP contribution >= 0.6 is 0 Å². The van der Waals surface area contributed by atoms with Crippen LogP contribution in [0, 0.1) is 0 Å². The van der Waals surface area contributed by atoms with Gasteiger partial charge in [-0.3, -0.25) is 4.79 Å². The summed E-state index contributed by atoms with van der Waals surface area (Å²) < 4.78 is 0. The molecule has 0 aliphatic carbocycles. The molecule has 0 N–H and O–H groups in total. The molecule has 0 atom stereocenters. The molecule has 2 aromatic rings. The summed E-state index contributed by atoms with van der Waals surface area (Å²) >= 11 is 0. The van der Waals surface area contributed by atoms with E-state index in [0.29, 0.717) is 25.9 Å². The molecule has 1 amide bonds. The van der Waals surface area contributed by atoms with Gasteiger partial charge in [0, 0.05) is 57.4 Å². The van der Waals surface area contributed by atoms with Crippen LogP contribution in [0.2, 0.25) is 0 Å². The lowest BCUT2D eigenvalue weighted by molar-refractivity contribution is -0.131. The minimum atomic E-state index is 0.178. The fourth-order valence-electron chi connectivity index (χ4n) is 2.48. The van der Waals surface area contributed by atoms with Gasteiger partial charge in [0.05, 0.1) is 0 Å². The Morgan fingerprint density at radius 1 is 1.05 bits per heavy atom. The molecule has 0 aromatic carbocycles. The van der Waals surface area contributed by atoms with Crippen molar-refractivity contribution in [1.29, 1.82) is 0 Å². The molecule has 1 aliphatic rings. The Balaban J connectivity index is 1.48. The Morgan fingerprint density at radius 3 is 2.41 bits per heavy atom. The number of nitrogens with zero attached hydrogens (tertiary/aromatic N) is 6. The molecule has 0 spiro atoms. The third-order valence-electron chi connectivity index (χ3n) is 3.71. The van der Waals surface area contributed by atoms with Crippen LogP contribution in [0.4, 0.5) is 5.95 Å². The number of hydrogen-bond acceptors (Lipinski definition) is 6. The number of amides is 1. The number of aromatic nitrogens is 4. The lowest BCUT2D eigenvalue weighted by Gasteiger charge is -2.34. The Bertz CT molecular complexity index is 598. The van der Waals surface area contributed by atoms with Crippen molar-refractivity contribution in [2.75, 3.05) is 31.1 Å². The van der Waals surface area contributed by atoms with Gasteiger partial charge in [-0.25, -0.2) is 19.9 Å². The van der Waals surface area contributed by atoms with E-state index in [1.54, 1.807) is 30.9 Å². The van der Waals surface area contributed by atoms with Gasteiger partial charge in [0.2, 0.25) is 11.9 Å². The third-order valence-corrected chi connectivity index (χ3v) is 3.71. The van der Waals surface area contributed by atoms with E-state index < -0.39 is 0 Å². The minimum absolute atomic E-state index is 0.178. The lowest BCUT2D eigenvalue weighted by Crippen LogP contribution is -2.49. The molecule has 2 aromatic heterocycles. The average Bonchev–Trinajstić information content (AvgIpc) is 2.61. The monoisotopic (exact) mass is 298 g/mol. The zero-order valence-corrected chi connectivity index (χ0v) is 12.3. The second kappa shape index (κ2) is 6.93. The standard InChI is InChI=1S/C15H18N6O/c22-14(3-2-13-10-16-12-17-11-13)20-6-8-21(9-7-20)15-18-4-1-5-19-15/h1,4-5,10-12H,2-3,6-9H2. The summed E-state index contributed by atoms with van der Waals surface area (Å²) in [5.41, 5.74) is 0.993. The third kappa shape index (κ3) is 3.55. The molecule has 22 heavy (non-hydrogen) atoms. The number of carbonyl (C=O) groups is 1. The Hall–Kier alpha value is -2.57. The summed E-state index contributed by atoms with van der Waals surface area (Å²) in [4.78, 5) is 32.7. The molecule has 114 valence electrons. The van der Waals surface area contributed by atoms with E-state index in [1.165, 1.54) is 6.33 Å². The number of aryl methyl sites for hydroxylation is 1. The second-order valence-electron chi connectivity index (χ2n) is 5.16. The number of carbonyl (C=O) groups excluding carboxylic acids is 1. The van der Waals surface area contributed by atoms with Gasteiger partial charge < -0.3 is 9.80 Å². The summed E-state index contributed by atoms with van der Waals surface area (Å²) in [7, 11) is 0. The Morgan fingerprint density at radius 2 is 1.73 bits per heavy atom. The Kier molecular flexibility index (Phi) is 4.53. The van der Waals surface area contributed by atoms with Crippen LogP contribution in [0.25, 0.3) is 0 Å². The van der Waals surface area contributed by atoms with E-state index in [0.717, 1.165) is 24.6 Å². The first kappa shape index (κ1) is 14.4. The molecular formula is C15H18N6O. The van der Waals surface area contributed by atoms with Gasteiger partial charge in [-0.2, -0.15) is 0 Å². The first-order valence-electron chi connectivity index (χ1n) is 7.36. The second-order valence-corrected chi connectivity index (χ2v) is 5.16. The van der Waals surface area contributed by atoms with Crippen molar-refractivity contribution >= 4 is 11.9 Å². The molecule has 3 rings (SSSR count). The van der Waals surface area contributed by atoms with Crippen molar-refractivity contribution in [3.63, 3.8) is 0 Å². The molecule has 0 bridgehead atoms. The summed E-state index contributed by atoms with van der Waals surface area (Å²) in [5, 5.41) is 0. The molecule has 7 heteroatoms. The Labute approximate surface area is 129 Å². The first-order chi connectivity index (χ1) is 10.8. The van der Waals surface area contributed by atoms with Gasteiger partial charge in [0.25, 0.3) is 0 Å². The highest BCUT2D eigenvalue weighted by Gasteiger charge is 2.22.